The molecule has 34 heavy (non-hydrogen) atoms. The molecule has 0 aliphatic heterocycles. The molecule has 1 aromatic heterocycles. The summed E-state index contributed by atoms with van der Waals surface area (Å²) in [6.45, 7) is 16.0. The van der Waals surface area contributed by atoms with Crippen molar-refractivity contribution in [2.24, 2.45) is 11.8 Å². The Morgan fingerprint density at radius 1 is 0.912 bits per heavy atom. The minimum Gasteiger partial charge on any atom is -0.457 e. The number of amides is 1. The van der Waals surface area contributed by atoms with Crippen LogP contribution in [-0.4, -0.2) is 23.0 Å². The maximum Gasteiger partial charge on any atom is 0.397 e. The summed E-state index contributed by atoms with van der Waals surface area (Å²) in [5.74, 6) is 0.467. The lowest BCUT2D eigenvalue weighted by atomic mass is 9.96. The summed E-state index contributed by atoms with van der Waals surface area (Å²) in [5.41, 5.74) is 4.55. The van der Waals surface area contributed by atoms with Crippen molar-refractivity contribution >= 4 is 28.5 Å². The van der Waals surface area contributed by atoms with E-state index in [2.05, 4.69) is 24.1 Å². The van der Waals surface area contributed by atoms with Gasteiger partial charge in [-0.15, -0.1) is 0 Å². The minimum atomic E-state index is -0.871. The van der Waals surface area contributed by atoms with E-state index in [0.717, 1.165) is 33.5 Å². The maximum absolute atomic E-state index is 12.5. The number of hydrogen-bond acceptors (Lipinski definition) is 4. The topological polar surface area (TPSA) is 80.4 Å². The molecule has 0 fully saturated rings. The zero-order valence-electron chi connectivity index (χ0n) is 21.4. The van der Waals surface area contributed by atoms with Gasteiger partial charge in [-0.05, 0) is 78.6 Å². The normalized spacial score (nSPS) is 11.6. The summed E-state index contributed by atoms with van der Waals surface area (Å²) >= 11 is 0. The molecule has 1 amide bonds. The molecule has 3 rings (SSSR count). The van der Waals surface area contributed by atoms with E-state index >= 15 is 0 Å². The van der Waals surface area contributed by atoms with Gasteiger partial charge in [-0.25, -0.2) is 4.79 Å². The predicted molar refractivity (Wildman–Crippen MR) is 137 cm³/mol. The lowest BCUT2D eigenvalue weighted by Gasteiger charge is -2.24. The van der Waals surface area contributed by atoms with Crippen LogP contribution < -0.4 is 10.1 Å². The van der Waals surface area contributed by atoms with E-state index in [0.29, 0.717) is 11.6 Å². The van der Waals surface area contributed by atoms with Crippen LogP contribution >= 0.6 is 0 Å². The van der Waals surface area contributed by atoms with Crippen LogP contribution in [0.4, 0.5) is 5.69 Å². The molecule has 0 spiro atoms. The zero-order valence-corrected chi connectivity index (χ0v) is 21.4. The Morgan fingerprint density at radius 3 is 2.09 bits per heavy atom. The largest absolute Gasteiger partial charge is 0.457 e. The molecule has 2 aromatic carbocycles. The van der Waals surface area contributed by atoms with E-state index in [-0.39, 0.29) is 17.9 Å². The molecule has 1 heterocycles. The third-order valence-corrected chi connectivity index (χ3v) is 5.99. The number of aromatic nitrogens is 1. The van der Waals surface area contributed by atoms with E-state index in [1.54, 1.807) is 12.1 Å². The molecule has 2 N–H and O–H groups in total. The molecule has 6 nitrogen and oxygen atoms in total. The van der Waals surface area contributed by atoms with Crippen molar-refractivity contribution in [3.63, 3.8) is 0 Å². The van der Waals surface area contributed by atoms with E-state index in [1.165, 1.54) is 5.56 Å². The number of anilines is 1. The highest BCUT2D eigenvalue weighted by atomic mass is 16.6. The number of rotatable bonds is 7. The van der Waals surface area contributed by atoms with Gasteiger partial charge in [-0.1, -0.05) is 41.5 Å². The first-order valence-electron chi connectivity index (χ1n) is 11.9. The molecule has 0 aliphatic rings. The van der Waals surface area contributed by atoms with Crippen LogP contribution in [0.3, 0.4) is 0 Å². The van der Waals surface area contributed by atoms with Crippen LogP contribution in [0.5, 0.6) is 11.5 Å². The third kappa shape index (κ3) is 5.61. The van der Waals surface area contributed by atoms with E-state index < -0.39 is 11.9 Å². The maximum atomic E-state index is 12.5. The molecule has 0 aliphatic carbocycles. The van der Waals surface area contributed by atoms with Crippen LogP contribution in [0, 0.1) is 25.7 Å². The van der Waals surface area contributed by atoms with Crippen molar-refractivity contribution in [2.45, 2.75) is 67.4 Å². The van der Waals surface area contributed by atoms with Gasteiger partial charge < -0.3 is 19.8 Å². The summed E-state index contributed by atoms with van der Waals surface area (Å²) in [6, 6.07) is 9.59. The first kappa shape index (κ1) is 25.3. The number of aryl methyl sites for hydroxylation is 2. The fourth-order valence-electron chi connectivity index (χ4n) is 4.36. The highest BCUT2D eigenvalue weighted by Gasteiger charge is 2.26. The van der Waals surface area contributed by atoms with Crippen LogP contribution in [0.2, 0.25) is 0 Å². The van der Waals surface area contributed by atoms with Gasteiger partial charge in [0.25, 0.3) is 0 Å². The average Bonchev–Trinajstić information content (AvgIpc) is 3.17. The molecule has 0 saturated carbocycles. The van der Waals surface area contributed by atoms with Gasteiger partial charge in [0.15, 0.2) is 0 Å². The summed E-state index contributed by atoms with van der Waals surface area (Å²) in [7, 11) is 0. The number of carbonyl (C=O) groups excluding carboxylic acids is 2. The Balaban J connectivity index is 1.76. The summed E-state index contributed by atoms with van der Waals surface area (Å²) in [5, 5.41) is 3.81. The van der Waals surface area contributed by atoms with Gasteiger partial charge >= 0.3 is 11.9 Å². The molecular formula is C28H36N2O4. The quantitative estimate of drug-likeness (QED) is 0.296. The number of carbonyl (C=O) groups is 2. The molecule has 3 aromatic rings. The van der Waals surface area contributed by atoms with E-state index in [4.69, 9.17) is 9.47 Å². The van der Waals surface area contributed by atoms with Crippen LogP contribution in [0.25, 0.3) is 10.9 Å². The smallest absolute Gasteiger partial charge is 0.397 e. The lowest BCUT2D eigenvalue weighted by molar-refractivity contribution is -0.160. The monoisotopic (exact) mass is 464 g/mol. The standard InChI is InChI=1S/C28H36N2O4/c1-15(2)23-14-29-24-10-9-21(13-22(23)24)33-26-18(7)11-20(12-19(26)8)30-27(31)28(32)34-25(16(3)4)17(5)6/h9-17,25,29H,1-8H3,(H,30,31). The Hall–Kier alpha value is -3.28. The fraction of sp³-hybridized carbons (Fsp3) is 0.429. The number of aromatic amines is 1. The Labute approximate surface area is 202 Å². The zero-order chi connectivity index (χ0) is 25.2. The first-order chi connectivity index (χ1) is 16.0. The van der Waals surface area contributed by atoms with Crippen molar-refractivity contribution < 1.29 is 19.1 Å². The van der Waals surface area contributed by atoms with Gasteiger partial charge in [0.1, 0.15) is 17.6 Å². The summed E-state index contributed by atoms with van der Waals surface area (Å²) in [4.78, 5) is 28.1. The molecule has 0 saturated heterocycles. The highest BCUT2D eigenvalue weighted by Crippen LogP contribution is 2.34. The number of nitrogens with one attached hydrogen (secondary N) is 2. The second-order valence-corrected chi connectivity index (χ2v) is 9.96. The van der Waals surface area contributed by atoms with Crippen molar-refractivity contribution in [1.29, 1.82) is 0 Å². The summed E-state index contributed by atoms with van der Waals surface area (Å²) in [6.07, 6.45) is 1.73. The fourth-order valence-corrected chi connectivity index (χ4v) is 4.36. The Kier molecular flexibility index (Phi) is 7.70. The third-order valence-electron chi connectivity index (χ3n) is 5.99. The SMILES string of the molecule is Cc1cc(NC(=O)C(=O)OC(C(C)C)C(C)C)cc(C)c1Oc1ccc2[nH]cc(C(C)C)c2c1. The minimum absolute atomic E-state index is 0.125. The molecule has 0 atom stereocenters. The molecule has 0 radical (unpaired) electrons. The molecule has 0 bridgehead atoms. The van der Waals surface area contributed by atoms with Gasteiger partial charge in [0, 0.05) is 22.8 Å². The number of ether oxygens (including phenoxy) is 2. The number of hydrogen-bond donors (Lipinski definition) is 2. The number of H-pyrrole nitrogens is 1. The van der Waals surface area contributed by atoms with Gasteiger partial charge in [-0.2, -0.15) is 0 Å². The number of esters is 1. The second-order valence-electron chi connectivity index (χ2n) is 9.96. The molecular weight excluding hydrogens is 428 g/mol. The Morgan fingerprint density at radius 2 is 1.53 bits per heavy atom. The van der Waals surface area contributed by atoms with Crippen molar-refractivity contribution in [2.75, 3.05) is 5.32 Å². The predicted octanol–water partition coefficient (Wildman–Crippen LogP) is 6.86. The van der Waals surface area contributed by atoms with Crippen molar-refractivity contribution in [3.05, 3.63) is 53.2 Å². The van der Waals surface area contributed by atoms with Crippen LogP contribution in [-0.2, 0) is 14.3 Å². The molecule has 6 heteroatoms. The van der Waals surface area contributed by atoms with Gasteiger partial charge in [-0.3, -0.25) is 4.79 Å². The van der Waals surface area contributed by atoms with Crippen molar-refractivity contribution in [1.82, 2.24) is 4.98 Å². The average molecular weight is 465 g/mol. The highest BCUT2D eigenvalue weighted by molar-refractivity contribution is 6.37. The Bertz CT molecular complexity index is 1160. The number of benzene rings is 2. The number of fused-ring (bicyclic) bond motifs is 1. The first-order valence-corrected chi connectivity index (χ1v) is 11.9. The molecule has 0 unspecified atom stereocenters. The van der Waals surface area contributed by atoms with Crippen LogP contribution in [0.1, 0.15) is 64.2 Å². The second kappa shape index (κ2) is 10.3. The van der Waals surface area contributed by atoms with Crippen LogP contribution in [0.15, 0.2) is 36.5 Å². The van der Waals surface area contributed by atoms with Crippen molar-refractivity contribution in [3.8, 4) is 11.5 Å². The molecule has 182 valence electrons. The van der Waals surface area contributed by atoms with E-state index in [1.807, 2.05) is 65.9 Å². The lowest BCUT2D eigenvalue weighted by Crippen LogP contribution is -2.34. The summed E-state index contributed by atoms with van der Waals surface area (Å²) < 4.78 is 11.7. The van der Waals surface area contributed by atoms with Gasteiger partial charge in [0.2, 0.25) is 0 Å². The van der Waals surface area contributed by atoms with E-state index in [9.17, 15) is 9.59 Å². The van der Waals surface area contributed by atoms with Gasteiger partial charge in [0.05, 0.1) is 0 Å².